The van der Waals surface area contributed by atoms with E-state index < -0.39 is 22.8 Å². The molecule has 1 amide bonds. The van der Waals surface area contributed by atoms with E-state index >= 15 is 0 Å². The predicted octanol–water partition coefficient (Wildman–Crippen LogP) is 2.24. The summed E-state index contributed by atoms with van der Waals surface area (Å²) in [6.45, 7) is 1.73. The second kappa shape index (κ2) is 5.90. The summed E-state index contributed by atoms with van der Waals surface area (Å²) in [5.74, 6) is -1.27. The van der Waals surface area contributed by atoms with E-state index in [2.05, 4.69) is 0 Å². The molecule has 0 spiro atoms. The number of amides is 1. The van der Waals surface area contributed by atoms with Crippen molar-refractivity contribution in [2.24, 2.45) is 0 Å². The van der Waals surface area contributed by atoms with E-state index in [1.807, 2.05) is 0 Å². The molecule has 1 saturated heterocycles. The number of carboxylic acids is 1. The van der Waals surface area contributed by atoms with Crippen LogP contribution in [0.1, 0.15) is 17.3 Å². The van der Waals surface area contributed by atoms with Gasteiger partial charge in [-0.25, -0.2) is 4.79 Å². The molecule has 0 aromatic heterocycles. The molecule has 1 fully saturated rings. The highest BCUT2D eigenvalue weighted by Gasteiger charge is 2.40. The molecule has 1 N–H and O–H groups in total. The van der Waals surface area contributed by atoms with Gasteiger partial charge in [-0.1, -0.05) is 11.6 Å². The third-order valence-corrected chi connectivity index (χ3v) is 4.65. The summed E-state index contributed by atoms with van der Waals surface area (Å²) in [7, 11) is 0. The fraction of sp³-hybridized carbons (Fsp3) is 0.333. The highest BCUT2D eigenvalue weighted by atomic mass is 35.5. The molecule has 2 rings (SSSR count). The number of carboxylic acid groups (broad SMARTS) is 1. The van der Waals surface area contributed by atoms with Gasteiger partial charge in [0, 0.05) is 17.4 Å². The second-order valence-electron chi connectivity index (χ2n) is 4.42. The van der Waals surface area contributed by atoms with Crippen molar-refractivity contribution >= 4 is 40.9 Å². The van der Waals surface area contributed by atoms with Gasteiger partial charge in [-0.2, -0.15) is 0 Å². The van der Waals surface area contributed by atoms with Crippen LogP contribution >= 0.6 is 23.4 Å². The van der Waals surface area contributed by atoms with Crippen LogP contribution < -0.4 is 0 Å². The SMILES string of the molecule is CC1SCC(C(=O)O)N1C(=O)c1ccc([N+](=O)[O-])c(Cl)c1. The number of benzene rings is 1. The normalized spacial score (nSPS) is 21.3. The number of carbonyl (C=O) groups excluding carboxylic acids is 1. The van der Waals surface area contributed by atoms with Crippen LogP contribution in [0, 0.1) is 10.1 Å². The monoisotopic (exact) mass is 330 g/mol. The lowest BCUT2D eigenvalue weighted by molar-refractivity contribution is -0.384. The zero-order valence-corrected chi connectivity index (χ0v) is 12.4. The van der Waals surface area contributed by atoms with E-state index in [9.17, 15) is 19.7 Å². The number of aliphatic carboxylic acids is 1. The van der Waals surface area contributed by atoms with Crippen molar-refractivity contribution in [1.29, 1.82) is 0 Å². The molecule has 7 nitrogen and oxygen atoms in total. The highest BCUT2D eigenvalue weighted by molar-refractivity contribution is 8.00. The van der Waals surface area contributed by atoms with Crippen molar-refractivity contribution in [2.45, 2.75) is 18.3 Å². The van der Waals surface area contributed by atoms with Crippen LogP contribution in [-0.2, 0) is 4.79 Å². The summed E-state index contributed by atoms with van der Waals surface area (Å²) >= 11 is 7.14. The number of halogens is 1. The molecular weight excluding hydrogens is 320 g/mol. The van der Waals surface area contributed by atoms with E-state index in [0.29, 0.717) is 5.75 Å². The van der Waals surface area contributed by atoms with Gasteiger partial charge < -0.3 is 10.0 Å². The van der Waals surface area contributed by atoms with E-state index in [-0.39, 0.29) is 21.6 Å². The van der Waals surface area contributed by atoms with Crippen molar-refractivity contribution in [1.82, 2.24) is 4.90 Å². The fourth-order valence-corrected chi connectivity index (χ4v) is 3.50. The van der Waals surface area contributed by atoms with Gasteiger partial charge >= 0.3 is 5.97 Å². The van der Waals surface area contributed by atoms with Gasteiger partial charge in [0.1, 0.15) is 11.1 Å². The van der Waals surface area contributed by atoms with E-state index in [0.717, 1.165) is 6.07 Å². The summed E-state index contributed by atoms with van der Waals surface area (Å²) in [5.41, 5.74) is -0.168. The van der Waals surface area contributed by atoms with Gasteiger partial charge in [-0.3, -0.25) is 14.9 Å². The first-order valence-corrected chi connectivity index (χ1v) is 7.36. The molecule has 0 saturated carbocycles. The van der Waals surface area contributed by atoms with Crippen molar-refractivity contribution in [3.05, 3.63) is 38.9 Å². The molecule has 9 heteroatoms. The molecule has 0 aliphatic carbocycles. The van der Waals surface area contributed by atoms with Gasteiger partial charge in [0.15, 0.2) is 0 Å². The quantitative estimate of drug-likeness (QED) is 0.673. The largest absolute Gasteiger partial charge is 0.480 e. The summed E-state index contributed by atoms with van der Waals surface area (Å²) in [6, 6.07) is 2.70. The fourth-order valence-electron chi connectivity index (χ4n) is 2.08. The van der Waals surface area contributed by atoms with E-state index in [1.165, 1.54) is 28.8 Å². The molecule has 0 bridgehead atoms. The van der Waals surface area contributed by atoms with Crippen molar-refractivity contribution in [2.75, 3.05) is 5.75 Å². The maximum Gasteiger partial charge on any atom is 0.327 e. The van der Waals surface area contributed by atoms with Crippen LogP contribution in [0.25, 0.3) is 0 Å². The Bertz CT molecular complexity index is 624. The maximum atomic E-state index is 12.4. The Kier molecular flexibility index (Phi) is 4.38. The van der Waals surface area contributed by atoms with Crippen molar-refractivity contribution in [3.8, 4) is 0 Å². The number of rotatable bonds is 3. The Hall–Kier alpha value is -1.80. The van der Waals surface area contributed by atoms with Gasteiger partial charge in [0.2, 0.25) is 0 Å². The molecule has 1 heterocycles. The Morgan fingerprint density at radius 2 is 2.19 bits per heavy atom. The van der Waals surface area contributed by atoms with Crippen LogP contribution in [0.15, 0.2) is 18.2 Å². The summed E-state index contributed by atoms with van der Waals surface area (Å²) < 4.78 is 0. The molecule has 112 valence electrons. The number of hydrogen-bond acceptors (Lipinski definition) is 5. The standard InChI is InChI=1S/C12H11ClN2O5S/c1-6-14(10(5-21-6)12(17)18)11(16)7-2-3-9(15(19)20)8(13)4-7/h2-4,6,10H,5H2,1H3,(H,17,18). The lowest BCUT2D eigenvalue weighted by Gasteiger charge is -2.25. The Labute approximate surface area is 129 Å². The second-order valence-corrected chi connectivity index (χ2v) is 6.18. The van der Waals surface area contributed by atoms with Gasteiger partial charge in [-0.05, 0) is 19.1 Å². The number of nitrogens with zero attached hydrogens (tertiary/aromatic N) is 2. The Morgan fingerprint density at radius 1 is 1.52 bits per heavy atom. The summed E-state index contributed by atoms with van der Waals surface area (Å²) in [5, 5.41) is 19.4. The lowest BCUT2D eigenvalue weighted by atomic mass is 10.1. The van der Waals surface area contributed by atoms with Crippen LogP contribution in [0.2, 0.25) is 5.02 Å². The number of thioether (sulfide) groups is 1. The number of hydrogen-bond donors (Lipinski definition) is 1. The molecule has 1 aromatic rings. The minimum Gasteiger partial charge on any atom is -0.480 e. The smallest absolute Gasteiger partial charge is 0.327 e. The first-order valence-electron chi connectivity index (χ1n) is 5.94. The third-order valence-electron chi connectivity index (χ3n) is 3.13. The molecule has 2 unspecified atom stereocenters. The molecule has 2 atom stereocenters. The third kappa shape index (κ3) is 2.96. The lowest BCUT2D eigenvalue weighted by Crippen LogP contribution is -2.44. The minimum absolute atomic E-state index is 0.131. The van der Waals surface area contributed by atoms with Gasteiger partial charge in [0.25, 0.3) is 11.6 Å². The molecule has 1 aliphatic heterocycles. The average molecular weight is 331 g/mol. The topological polar surface area (TPSA) is 101 Å². The first-order chi connectivity index (χ1) is 9.82. The molecule has 0 radical (unpaired) electrons. The van der Waals surface area contributed by atoms with E-state index in [4.69, 9.17) is 16.7 Å². The van der Waals surface area contributed by atoms with E-state index in [1.54, 1.807) is 6.92 Å². The average Bonchev–Trinajstić information content (AvgIpc) is 2.79. The summed E-state index contributed by atoms with van der Waals surface area (Å²) in [4.78, 5) is 34.9. The first kappa shape index (κ1) is 15.6. The predicted molar refractivity (Wildman–Crippen MR) is 77.6 cm³/mol. The number of carbonyl (C=O) groups is 2. The van der Waals surface area contributed by atoms with Crippen LogP contribution in [0.3, 0.4) is 0 Å². The van der Waals surface area contributed by atoms with Crippen LogP contribution in [-0.4, -0.2) is 44.0 Å². The molecular formula is C12H11ClN2O5S. The molecule has 1 aromatic carbocycles. The van der Waals surface area contributed by atoms with Crippen LogP contribution in [0.4, 0.5) is 5.69 Å². The number of nitro benzene ring substituents is 1. The Balaban J connectivity index is 2.33. The molecule has 21 heavy (non-hydrogen) atoms. The molecule has 1 aliphatic rings. The summed E-state index contributed by atoms with van der Waals surface area (Å²) in [6.07, 6.45) is 0. The van der Waals surface area contributed by atoms with Gasteiger partial charge in [-0.15, -0.1) is 11.8 Å². The highest BCUT2D eigenvalue weighted by Crippen LogP contribution is 2.32. The number of nitro groups is 1. The maximum absolute atomic E-state index is 12.4. The zero-order valence-electron chi connectivity index (χ0n) is 10.9. The van der Waals surface area contributed by atoms with Crippen molar-refractivity contribution in [3.63, 3.8) is 0 Å². The van der Waals surface area contributed by atoms with Crippen molar-refractivity contribution < 1.29 is 19.6 Å². The van der Waals surface area contributed by atoms with Crippen LogP contribution in [0.5, 0.6) is 0 Å². The zero-order chi connectivity index (χ0) is 15.7. The Morgan fingerprint density at radius 3 is 2.71 bits per heavy atom. The van der Waals surface area contributed by atoms with Gasteiger partial charge in [0.05, 0.1) is 10.3 Å². The minimum atomic E-state index is -1.08.